The Morgan fingerprint density at radius 1 is 1.36 bits per heavy atom. The van der Waals surface area contributed by atoms with Gasteiger partial charge in [0.25, 0.3) is 0 Å². The maximum atomic E-state index is 11.4. The fourth-order valence-corrected chi connectivity index (χ4v) is 2.01. The summed E-state index contributed by atoms with van der Waals surface area (Å²) in [5, 5.41) is 3.34. The molecule has 14 heavy (non-hydrogen) atoms. The van der Waals surface area contributed by atoms with Gasteiger partial charge in [0.15, 0.2) is 0 Å². The van der Waals surface area contributed by atoms with Crippen molar-refractivity contribution in [2.75, 3.05) is 12.3 Å². The van der Waals surface area contributed by atoms with Crippen LogP contribution in [0.25, 0.3) is 10.4 Å². The maximum Gasteiger partial charge on any atom is 0.0485 e. The van der Waals surface area contributed by atoms with Crippen LogP contribution in [0, 0.1) is 0 Å². The quantitative estimate of drug-likeness (QED) is 0.416. The van der Waals surface area contributed by atoms with E-state index in [0.29, 0.717) is 18.1 Å². The van der Waals surface area contributed by atoms with E-state index in [4.69, 9.17) is 5.53 Å². The first-order valence-electron chi connectivity index (χ1n) is 4.22. The molecule has 1 aromatic carbocycles. The van der Waals surface area contributed by atoms with Gasteiger partial charge in [-0.05, 0) is 11.1 Å². The van der Waals surface area contributed by atoms with Gasteiger partial charge >= 0.3 is 0 Å². The average molecular weight is 209 g/mol. The number of rotatable bonds is 5. The lowest BCUT2D eigenvalue weighted by Crippen LogP contribution is -2.03. The van der Waals surface area contributed by atoms with Crippen LogP contribution in [0.2, 0.25) is 0 Å². The number of nitrogens with zero attached hydrogens (tertiary/aromatic N) is 3. The van der Waals surface area contributed by atoms with Gasteiger partial charge in [-0.2, -0.15) is 0 Å². The first kappa shape index (κ1) is 10.8. The average Bonchev–Trinajstić information content (AvgIpc) is 2.20. The third-order valence-electron chi connectivity index (χ3n) is 1.65. The Hall–Kier alpha value is -1.32. The summed E-state index contributed by atoms with van der Waals surface area (Å²) in [6, 6.07) is 9.63. The van der Waals surface area contributed by atoms with Crippen LogP contribution in [0.5, 0.6) is 0 Å². The highest BCUT2D eigenvalue weighted by Gasteiger charge is 1.99. The zero-order chi connectivity index (χ0) is 10.2. The summed E-state index contributed by atoms with van der Waals surface area (Å²) >= 11 is 0. The first-order valence-corrected chi connectivity index (χ1v) is 5.71. The van der Waals surface area contributed by atoms with Crippen molar-refractivity contribution < 1.29 is 4.21 Å². The SMILES string of the molecule is [N-]=[N+]=NCCS(=O)Cc1ccccc1. The van der Waals surface area contributed by atoms with Crippen molar-refractivity contribution >= 4 is 10.8 Å². The Balaban J connectivity index is 2.38. The van der Waals surface area contributed by atoms with Crippen molar-refractivity contribution in [1.82, 2.24) is 0 Å². The predicted octanol–water partition coefficient (Wildman–Crippen LogP) is 2.25. The van der Waals surface area contributed by atoms with Crippen LogP contribution in [0.4, 0.5) is 0 Å². The largest absolute Gasteiger partial charge is 0.259 e. The van der Waals surface area contributed by atoms with E-state index in [1.165, 1.54) is 0 Å². The standard InChI is InChI=1S/C9H11N3OS/c10-12-11-6-7-14(13)8-9-4-2-1-3-5-9/h1-5H,6-8H2. The second-order valence-corrected chi connectivity index (χ2v) is 4.30. The van der Waals surface area contributed by atoms with Crippen LogP contribution in [-0.4, -0.2) is 16.5 Å². The van der Waals surface area contributed by atoms with Gasteiger partial charge in [-0.3, -0.25) is 4.21 Å². The molecular formula is C9H11N3OS. The summed E-state index contributed by atoms with van der Waals surface area (Å²) in [6.45, 7) is 0.302. The van der Waals surface area contributed by atoms with Crippen LogP contribution < -0.4 is 0 Å². The molecule has 0 bridgehead atoms. The van der Waals surface area contributed by atoms with Crippen LogP contribution in [-0.2, 0) is 16.6 Å². The van der Waals surface area contributed by atoms with E-state index >= 15 is 0 Å². The highest BCUT2D eigenvalue weighted by molar-refractivity contribution is 7.84. The second kappa shape index (κ2) is 6.18. The zero-order valence-corrected chi connectivity index (χ0v) is 8.48. The Morgan fingerprint density at radius 3 is 2.71 bits per heavy atom. The van der Waals surface area contributed by atoms with Crippen molar-refractivity contribution in [1.29, 1.82) is 0 Å². The molecule has 1 rings (SSSR count). The van der Waals surface area contributed by atoms with E-state index in [9.17, 15) is 4.21 Å². The molecular weight excluding hydrogens is 198 g/mol. The summed E-state index contributed by atoms with van der Waals surface area (Å²) in [4.78, 5) is 2.61. The van der Waals surface area contributed by atoms with Crippen molar-refractivity contribution in [3.63, 3.8) is 0 Å². The normalized spacial score (nSPS) is 11.7. The van der Waals surface area contributed by atoms with Crippen molar-refractivity contribution in [3.05, 3.63) is 46.3 Å². The lowest BCUT2D eigenvalue weighted by atomic mass is 10.2. The highest BCUT2D eigenvalue weighted by atomic mass is 32.2. The number of hydrogen-bond donors (Lipinski definition) is 0. The molecule has 0 radical (unpaired) electrons. The van der Waals surface area contributed by atoms with E-state index in [1.54, 1.807) is 0 Å². The van der Waals surface area contributed by atoms with Crippen LogP contribution >= 0.6 is 0 Å². The fourth-order valence-electron chi connectivity index (χ4n) is 1.02. The van der Waals surface area contributed by atoms with Gasteiger partial charge in [0, 0.05) is 33.8 Å². The third-order valence-corrected chi connectivity index (χ3v) is 2.95. The Kier molecular flexibility index (Phi) is 4.75. The molecule has 74 valence electrons. The van der Waals surface area contributed by atoms with E-state index in [0.717, 1.165) is 5.56 Å². The number of benzene rings is 1. The van der Waals surface area contributed by atoms with Crippen LogP contribution in [0.1, 0.15) is 5.56 Å². The van der Waals surface area contributed by atoms with Crippen LogP contribution in [0.15, 0.2) is 35.4 Å². The number of hydrogen-bond acceptors (Lipinski definition) is 2. The van der Waals surface area contributed by atoms with Gasteiger partial charge in [0.2, 0.25) is 0 Å². The summed E-state index contributed by atoms with van der Waals surface area (Å²) < 4.78 is 11.4. The Labute approximate surface area is 85.0 Å². The summed E-state index contributed by atoms with van der Waals surface area (Å²) in [7, 11) is -0.937. The minimum Gasteiger partial charge on any atom is -0.259 e. The molecule has 0 N–H and O–H groups in total. The van der Waals surface area contributed by atoms with Gasteiger partial charge in [0.1, 0.15) is 0 Å². The van der Waals surface area contributed by atoms with E-state index in [1.807, 2.05) is 30.3 Å². The second-order valence-electron chi connectivity index (χ2n) is 2.73. The third kappa shape index (κ3) is 4.07. The van der Waals surface area contributed by atoms with Gasteiger partial charge in [-0.25, -0.2) is 0 Å². The van der Waals surface area contributed by atoms with E-state index in [-0.39, 0.29) is 0 Å². The summed E-state index contributed by atoms with van der Waals surface area (Å²) in [5.74, 6) is 0.959. The molecule has 0 heterocycles. The lowest BCUT2D eigenvalue weighted by Gasteiger charge is -1.99. The Morgan fingerprint density at radius 2 is 2.07 bits per heavy atom. The summed E-state index contributed by atoms with van der Waals surface area (Å²) in [6.07, 6.45) is 0. The lowest BCUT2D eigenvalue weighted by molar-refractivity contribution is 0.682. The molecule has 0 saturated heterocycles. The van der Waals surface area contributed by atoms with Gasteiger partial charge in [-0.15, -0.1) is 0 Å². The van der Waals surface area contributed by atoms with Crippen molar-refractivity contribution in [2.24, 2.45) is 5.11 Å². The topological polar surface area (TPSA) is 65.8 Å². The summed E-state index contributed by atoms with van der Waals surface area (Å²) in [5.41, 5.74) is 9.08. The zero-order valence-electron chi connectivity index (χ0n) is 7.67. The number of azide groups is 1. The first-order chi connectivity index (χ1) is 6.83. The molecule has 0 aliphatic heterocycles. The molecule has 5 heteroatoms. The minimum atomic E-state index is -0.937. The smallest absolute Gasteiger partial charge is 0.0485 e. The van der Waals surface area contributed by atoms with Gasteiger partial charge in [-0.1, -0.05) is 35.4 Å². The molecule has 1 unspecified atom stereocenters. The van der Waals surface area contributed by atoms with Gasteiger partial charge < -0.3 is 0 Å². The molecule has 0 aliphatic carbocycles. The van der Waals surface area contributed by atoms with Crippen molar-refractivity contribution in [3.8, 4) is 0 Å². The molecule has 1 atom stereocenters. The molecule has 0 spiro atoms. The molecule has 0 aliphatic rings. The molecule has 0 aromatic heterocycles. The predicted molar refractivity (Wildman–Crippen MR) is 57.2 cm³/mol. The highest BCUT2D eigenvalue weighted by Crippen LogP contribution is 2.02. The molecule has 1 aromatic rings. The van der Waals surface area contributed by atoms with Gasteiger partial charge in [0.05, 0.1) is 0 Å². The van der Waals surface area contributed by atoms with E-state index in [2.05, 4.69) is 10.0 Å². The molecule has 4 nitrogen and oxygen atoms in total. The van der Waals surface area contributed by atoms with Crippen LogP contribution in [0.3, 0.4) is 0 Å². The fraction of sp³-hybridized carbons (Fsp3) is 0.333. The molecule has 0 saturated carbocycles. The molecule has 0 amide bonds. The minimum absolute atomic E-state index is 0.302. The monoisotopic (exact) mass is 209 g/mol. The van der Waals surface area contributed by atoms with E-state index < -0.39 is 10.8 Å². The maximum absolute atomic E-state index is 11.4. The van der Waals surface area contributed by atoms with Crippen molar-refractivity contribution in [2.45, 2.75) is 5.75 Å². The molecule has 0 fully saturated rings. The Bertz CT molecular complexity index is 346.